The van der Waals surface area contributed by atoms with Gasteiger partial charge in [0.1, 0.15) is 0 Å². The van der Waals surface area contributed by atoms with E-state index in [1.165, 1.54) is 11.1 Å². The number of nitrogens with zero attached hydrogens (tertiary/aromatic N) is 1. The summed E-state index contributed by atoms with van der Waals surface area (Å²) >= 11 is 0. The molecule has 0 fully saturated rings. The minimum absolute atomic E-state index is 0.0646. The first-order chi connectivity index (χ1) is 8.20. The van der Waals surface area contributed by atoms with Crippen molar-refractivity contribution in [1.29, 1.82) is 0 Å². The molecule has 1 aromatic carbocycles. The van der Waals surface area contributed by atoms with Gasteiger partial charge in [-0.15, -0.1) is 0 Å². The van der Waals surface area contributed by atoms with Crippen molar-refractivity contribution in [2.24, 2.45) is 11.8 Å². The first kappa shape index (κ1) is 12.1. The number of hydrogen-bond donors (Lipinski definition) is 2. The zero-order valence-corrected chi connectivity index (χ0v) is 10.1. The van der Waals surface area contributed by atoms with Gasteiger partial charge in [-0.2, -0.15) is 0 Å². The highest BCUT2D eigenvalue weighted by molar-refractivity contribution is 5.77. The molecule has 0 spiro atoms. The van der Waals surface area contributed by atoms with Crippen molar-refractivity contribution in [3.05, 3.63) is 35.4 Å². The number of hydrazine groups is 1. The molecule has 1 heterocycles. The number of benzene rings is 1. The van der Waals surface area contributed by atoms with Crippen LogP contribution in [0.25, 0.3) is 0 Å². The molecule has 0 saturated carbocycles. The summed E-state index contributed by atoms with van der Waals surface area (Å²) in [5.41, 5.74) is 5.01. The minimum atomic E-state index is -0.0936. The van der Waals surface area contributed by atoms with E-state index < -0.39 is 0 Å². The fourth-order valence-electron chi connectivity index (χ4n) is 2.32. The third-order valence-corrected chi connectivity index (χ3v) is 3.33. The van der Waals surface area contributed by atoms with Gasteiger partial charge in [0.15, 0.2) is 0 Å². The van der Waals surface area contributed by atoms with Crippen molar-refractivity contribution in [3.63, 3.8) is 0 Å². The summed E-state index contributed by atoms with van der Waals surface area (Å²) in [5, 5.41) is 0. The lowest BCUT2D eigenvalue weighted by Crippen LogP contribution is -2.41. The van der Waals surface area contributed by atoms with Crippen LogP contribution in [0.5, 0.6) is 0 Å². The number of amides is 1. The van der Waals surface area contributed by atoms with Crippen LogP contribution in [0.1, 0.15) is 18.1 Å². The third kappa shape index (κ3) is 2.84. The molecule has 1 aliphatic rings. The normalized spacial score (nSPS) is 17.3. The van der Waals surface area contributed by atoms with Crippen molar-refractivity contribution in [2.75, 3.05) is 13.1 Å². The van der Waals surface area contributed by atoms with Crippen LogP contribution >= 0.6 is 0 Å². The number of carbonyl (C=O) groups excluding carboxylic acids is 1. The minimum Gasteiger partial charge on any atom is -0.298 e. The predicted octanol–water partition coefficient (Wildman–Crippen LogP) is 0.671. The second-order valence-corrected chi connectivity index (χ2v) is 4.66. The molecule has 1 amide bonds. The molecule has 1 aliphatic heterocycles. The molecule has 0 bridgehead atoms. The molecule has 1 aromatic rings. The van der Waals surface area contributed by atoms with Gasteiger partial charge in [-0.1, -0.05) is 31.2 Å². The van der Waals surface area contributed by atoms with E-state index in [0.717, 1.165) is 26.1 Å². The van der Waals surface area contributed by atoms with Crippen molar-refractivity contribution in [2.45, 2.75) is 19.9 Å². The second-order valence-electron chi connectivity index (χ2n) is 4.66. The van der Waals surface area contributed by atoms with Gasteiger partial charge in [-0.05, 0) is 17.5 Å². The lowest BCUT2D eigenvalue weighted by Gasteiger charge is -2.30. The highest BCUT2D eigenvalue weighted by Crippen LogP contribution is 2.19. The lowest BCUT2D eigenvalue weighted by atomic mass is 9.99. The van der Waals surface area contributed by atoms with Crippen LogP contribution in [0, 0.1) is 5.92 Å². The Morgan fingerprint density at radius 1 is 1.47 bits per heavy atom. The zero-order chi connectivity index (χ0) is 12.3. The summed E-state index contributed by atoms with van der Waals surface area (Å²) in [6.45, 7) is 4.61. The second kappa shape index (κ2) is 5.29. The number of carbonyl (C=O) groups is 1. The van der Waals surface area contributed by atoms with Gasteiger partial charge < -0.3 is 0 Å². The molecule has 4 heteroatoms. The van der Waals surface area contributed by atoms with Crippen LogP contribution in [-0.2, 0) is 17.8 Å². The lowest BCUT2D eigenvalue weighted by molar-refractivity contribution is -0.125. The molecular weight excluding hydrogens is 214 g/mol. The maximum absolute atomic E-state index is 11.4. The van der Waals surface area contributed by atoms with Crippen molar-refractivity contribution < 1.29 is 4.79 Å². The van der Waals surface area contributed by atoms with Gasteiger partial charge in [-0.25, -0.2) is 5.84 Å². The predicted molar refractivity (Wildman–Crippen MR) is 66.9 cm³/mol. The Morgan fingerprint density at radius 3 is 2.88 bits per heavy atom. The number of nitrogens with two attached hydrogens (primary N) is 1. The van der Waals surface area contributed by atoms with Crippen molar-refractivity contribution in [3.8, 4) is 0 Å². The number of hydrogen-bond acceptors (Lipinski definition) is 3. The summed E-state index contributed by atoms with van der Waals surface area (Å²) in [6.07, 6.45) is 1.06. The third-order valence-electron chi connectivity index (χ3n) is 3.33. The summed E-state index contributed by atoms with van der Waals surface area (Å²) in [6, 6.07) is 8.50. The molecule has 17 heavy (non-hydrogen) atoms. The molecule has 0 saturated heterocycles. The smallest absolute Gasteiger partial charge is 0.237 e. The first-order valence-corrected chi connectivity index (χ1v) is 6.00. The monoisotopic (exact) mass is 233 g/mol. The fraction of sp³-hybridized carbons (Fsp3) is 0.462. The zero-order valence-electron chi connectivity index (χ0n) is 10.1. The summed E-state index contributed by atoms with van der Waals surface area (Å²) in [7, 11) is 0. The van der Waals surface area contributed by atoms with E-state index >= 15 is 0 Å². The highest BCUT2D eigenvalue weighted by atomic mass is 16.2. The standard InChI is InChI=1S/C13H19N3O/c1-10(13(17)15-14)8-16-7-6-11-4-2-3-5-12(11)9-16/h2-5,10H,6-9,14H2,1H3,(H,15,17). The van der Waals surface area contributed by atoms with E-state index in [4.69, 9.17) is 5.84 Å². The van der Waals surface area contributed by atoms with E-state index in [1.807, 2.05) is 6.92 Å². The maximum atomic E-state index is 11.4. The topological polar surface area (TPSA) is 58.4 Å². The van der Waals surface area contributed by atoms with E-state index in [-0.39, 0.29) is 11.8 Å². The Kier molecular flexibility index (Phi) is 3.76. The Balaban J connectivity index is 1.96. The van der Waals surface area contributed by atoms with Crippen LogP contribution in [0.2, 0.25) is 0 Å². The molecule has 0 aromatic heterocycles. The largest absolute Gasteiger partial charge is 0.298 e. The van der Waals surface area contributed by atoms with E-state index in [9.17, 15) is 4.79 Å². The number of nitrogens with one attached hydrogen (secondary N) is 1. The average molecular weight is 233 g/mol. The molecule has 92 valence electrons. The summed E-state index contributed by atoms with van der Waals surface area (Å²) in [5.74, 6) is 4.98. The molecule has 1 atom stereocenters. The van der Waals surface area contributed by atoms with Gasteiger partial charge in [-0.3, -0.25) is 15.1 Å². The molecule has 1 unspecified atom stereocenters. The Morgan fingerprint density at radius 2 is 2.18 bits per heavy atom. The van der Waals surface area contributed by atoms with Crippen LogP contribution in [0.4, 0.5) is 0 Å². The molecule has 4 nitrogen and oxygen atoms in total. The van der Waals surface area contributed by atoms with Gasteiger partial charge in [0.05, 0.1) is 0 Å². The van der Waals surface area contributed by atoms with Crippen LogP contribution in [0.15, 0.2) is 24.3 Å². The van der Waals surface area contributed by atoms with Gasteiger partial charge in [0.2, 0.25) is 5.91 Å². The molecule has 3 N–H and O–H groups in total. The summed E-state index contributed by atoms with van der Waals surface area (Å²) in [4.78, 5) is 13.7. The quantitative estimate of drug-likeness (QED) is 0.458. The van der Waals surface area contributed by atoms with Gasteiger partial charge >= 0.3 is 0 Å². The summed E-state index contributed by atoms with van der Waals surface area (Å²) < 4.78 is 0. The SMILES string of the molecule is CC(CN1CCc2ccccc2C1)C(=O)NN. The van der Waals surface area contributed by atoms with Crippen molar-refractivity contribution in [1.82, 2.24) is 10.3 Å². The van der Waals surface area contributed by atoms with E-state index in [0.29, 0.717) is 0 Å². The van der Waals surface area contributed by atoms with Crippen molar-refractivity contribution >= 4 is 5.91 Å². The Bertz CT molecular complexity index is 405. The van der Waals surface area contributed by atoms with Crippen LogP contribution in [0.3, 0.4) is 0 Å². The number of rotatable bonds is 3. The number of fused-ring (bicyclic) bond motifs is 1. The van der Waals surface area contributed by atoms with E-state index in [2.05, 4.69) is 34.6 Å². The average Bonchev–Trinajstić information content (AvgIpc) is 2.37. The molecular formula is C13H19N3O. The van der Waals surface area contributed by atoms with E-state index in [1.54, 1.807) is 0 Å². The molecule has 0 aliphatic carbocycles. The first-order valence-electron chi connectivity index (χ1n) is 6.00. The Labute approximate surface area is 102 Å². The van der Waals surface area contributed by atoms with Crippen LogP contribution < -0.4 is 11.3 Å². The van der Waals surface area contributed by atoms with Crippen LogP contribution in [-0.4, -0.2) is 23.9 Å². The van der Waals surface area contributed by atoms with Gasteiger partial charge in [0, 0.05) is 25.6 Å². The fourth-order valence-corrected chi connectivity index (χ4v) is 2.32. The molecule has 2 rings (SSSR count). The maximum Gasteiger partial charge on any atom is 0.237 e. The highest BCUT2D eigenvalue weighted by Gasteiger charge is 2.20. The van der Waals surface area contributed by atoms with Gasteiger partial charge in [0.25, 0.3) is 0 Å². The Hall–Kier alpha value is -1.39. The molecule has 0 radical (unpaired) electrons.